The molecular weight excluding hydrogens is 208 g/mol. The molecule has 0 aromatic heterocycles. The highest BCUT2D eigenvalue weighted by Crippen LogP contribution is 2.19. The maximum atomic E-state index is 8.85. The van der Waals surface area contributed by atoms with Gasteiger partial charge in [-0.25, -0.2) is 0 Å². The zero-order valence-corrected chi connectivity index (χ0v) is 9.84. The van der Waals surface area contributed by atoms with Gasteiger partial charge in [-0.3, -0.25) is 0 Å². The number of benzene rings is 1. The molecule has 3 nitrogen and oxygen atoms in total. The quantitative estimate of drug-likeness (QED) is 0.751. The van der Waals surface area contributed by atoms with Crippen molar-refractivity contribution in [2.24, 2.45) is 5.73 Å². The van der Waals surface area contributed by atoms with Crippen LogP contribution in [0.25, 0.3) is 0 Å². The van der Waals surface area contributed by atoms with E-state index in [4.69, 9.17) is 23.1 Å². The standard InChI is InChI=1S/C11H16N2OS/c1-8-7-9(11(12)15)3-4-10(8)13(2)5-6-14/h3-4,7,14H,5-6H2,1-2H3,(H2,12,15). The second-order valence-corrected chi connectivity index (χ2v) is 3.95. The fourth-order valence-corrected chi connectivity index (χ4v) is 1.63. The first-order valence-electron chi connectivity index (χ1n) is 4.78. The Bertz CT molecular complexity index is 366. The highest BCUT2D eigenvalue weighted by molar-refractivity contribution is 7.80. The van der Waals surface area contributed by atoms with Crippen molar-refractivity contribution in [1.82, 2.24) is 0 Å². The van der Waals surface area contributed by atoms with Crippen LogP contribution in [0.4, 0.5) is 5.69 Å². The van der Waals surface area contributed by atoms with Gasteiger partial charge < -0.3 is 15.7 Å². The zero-order chi connectivity index (χ0) is 11.4. The van der Waals surface area contributed by atoms with E-state index in [1.165, 1.54) is 0 Å². The molecule has 0 aliphatic heterocycles. The second-order valence-electron chi connectivity index (χ2n) is 3.51. The number of nitrogens with zero attached hydrogens (tertiary/aromatic N) is 1. The van der Waals surface area contributed by atoms with Crippen molar-refractivity contribution >= 4 is 22.9 Å². The van der Waals surface area contributed by atoms with E-state index >= 15 is 0 Å². The number of nitrogens with two attached hydrogens (primary N) is 1. The van der Waals surface area contributed by atoms with E-state index in [1.807, 2.05) is 37.1 Å². The van der Waals surface area contributed by atoms with E-state index in [0.29, 0.717) is 11.5 Å². The van der Waals surface area contributed by atoms with Crippen LogP contribution < -0.4 is 10.6 Å². The lowest BCUT2D eigenvalue weighted by Crippen LogP contribution is -2.22. The van der Waals surface area contributed by atoms with E-state index < -0.39 is 0 Å². The number of likely N-dealkylation sites (N-methyl/N-ethyl adjacent to an activating group) is 1. The largest absolute Gasteiger partial charge is 0.395 e. The predicted molar refractivity (Wildman–Crippen MR) is 67.4 cm³/mol. The van der Waals surface area contributed by atoms with Gasteiger partial charge in [-0.1, -0.05) is 12.2 Å². The summed E-state index contributed by atoms with van der Waals surface area (Å²) in [7, 11) is 1.94. The Hall–Kier alpha value is -1.13. The van der Waals surface area contributed by atoms with Crippen molar-refractivity contribution in [2.45, 2.75) is 6.92 Å². The van der Waals surface area contributed by atoms with Gasteiger partial charge in [-0.2, -0.15) is 0 Å². The Morgan fingerprint density at radius 1 is 1.53 bits per heavy atom. The number of hydrogen-bond donors (Lipinski definition) is 2. The first-order valence-corrected chi connectivity index (χ1v) is 5.19. The fourth-order valence-electron chi connectivity index (χ4n) is 1.51. The molecule has 0 atom stereocenters. The minimum absolute atomic E-state index is 0.146. The molecule has 1 rings (SSSR count). The van der Waals surface area contributed by atoms with Crippen LogP contribution in [-0.4, -0.2) is 30.3 Å². The van der Waals surface area contributed by atoms with Gasteiger partial charge in [0.15, 0.2) is 0 Å². The summed E-state index contributed by atoms with van der Waals surface area (Å²) in [6.07, 6.45) is 0. The summed E-state index contributed by atoms with van der Waals surface area (Å²) >= 11 is 4.91. The third kappa shape index (κ3) is 2.91. The predicted octanol–water partition coefficient (Wildman–Crippen LogP) is 1.06. The van der Waals surface area contributed by atoms with Gasteiger partial charge in [0.2, 0.25) is 0 Å². The summed E-state index contributed by atoms with van der Waals surface area (Å²) in [6, 6.07) is 5.84. The van der Waals surface area contributed by atoms with Gasteiger partial charge in [0.1, 0.15) is 4.99 Å². The summed E-state index contributed by atoms with van der Waals surface area (Å²) in [5, 5.41) is 8.85. The molecule has 3 N–H and O–H groups in total. The van der Waals surface area contributed by atoms with Crippen LogP contribution in [0.15, 0.2) is 18.2 Å². The van der Waals surface area contributed by atoms with Gasteiger partial charge in [0.25, 0.3) is 0 Å². The lowest BCUT2D eigenvalue weighted by atomic mass is 10.1. The molecule has 0 aliphatic carbocycles. The first-order chi connectivity index (χ1) is 7.06. The molecule has 15 heavy (non-hydrogen) atoms. The minimum atomic E-state index is 0.146. The molecular formula is C11H16N2OS. The van der Waals surface area contributed by atoms with E-state index in [1.54, 1.807) is 0 Å². The van der Waals surface area contributed by atoms with Gasteiger partial charge in [0.05, 0.1) is 6.61 Å². The maximum Gasteiger partial charge on any atom is 0.103 e. The topological polar surface area (TPSA) is 49.5 Å². The number of rotatable bonds is 4. The molecule has 0 bridgehead atoms. The van der Waals surface area contributed by atoms with Crippen molar-refractivity contribution in [3.8, 4) is 0 Å². The number of anilines is 1. The summed E-state index contributed by atoms with van der Waals surface area (Å²) in [5.74, 6) is 0. The SMILES string of the molecule is Cc1cc(C(N)=S)ccc1N(C)CCO. The first kappa shape index (κ1) is 11.9. The van der Waals surface area contributed by atoms with Gasteiger partial charge in [-0.15, -0.1) is 0 Å². The van der Waals surface area contributed by atoms with Gasteiger partial charge >= 0.3 is 0 Å². The van der Waals surface area contributed by atoms with Crippen molar-refractivity contribution in [1.29, 1.82) is 0 Å². The summed E-state index contributed by atoms with van der Waals surface area (Å²) in [5.41, 5.74) is 8.62. The summed E-state index contributed by atoms with van der Waals surface area (Å²) in [6.45, 7) is 2.77. The van der Waals surface area contributed by atoms with Crippen molar-refractivity contribution < 1.29 is 5.11 Å². The molecule has 0 unspecified atom stereocenters. The highest BCUT2D eigenvalue weighted by atomic mass is 32.1. The fraction of sp³-hybridized carbons (Fsp3) is 0.364. The van der Waals surface area contributed by atoms with Crippen molar-refractivity contribution in [3.05, 3.63) is 29.3 Å². The molecule has 0 saturated heterocycles. The average Bonchev–Trinajstić information content (AvgIpc) is 2.17. The molecule has 0 spiro atoms. The Balaban J connectivity index is 2.97. The second kappa shape index (κ2) is 5.09. The van der Waals surface area contributed by atoms with Crippen molar-refractivity contribution in [3.63, 3.8) is 0 Å². The number of aliphatic hydroxyl groups excluding tert-OH is 1. The van der Waals surface area contributed by atoms with E-state index in [2.05, 4.69) is 0 Å². The van der Waals surface area contributed by atoms with E-state index in [0.717, 1.165) is 16.8 Å². The van der Waals surface area contributed by atoms with Crippen LogP contribution in [0.1, 0.15) is 11.1 Å². The molecule has 0 amide bonds. The van der Waals surface area contributed by atoms with E-state index in [9.17, 15) is 0 Å². The summed E-state index contributed by atoms with van der Waals surface area (Å²) < 4.78 is 0. The average molecular weight is 224 g/mol. The van der Waals surface area contributed by atoms with Gasteiger partial charge in [-0.05, 0) is 30.7 Å². The normalized spacial score (nSPS) is 10.1. The van der Waals surface area contributed by atoms with Crippen LogP contribution >= 0.6 is 12.2 Å². The monoisotopic (exact) mass is 224 g/mol. The molecule has 0 radical (unpaired) electrons. The number of aliphatic hydroxyl groups is 1. The number of thiocarbonyl (C=S) groups is 1. The van der Waals surface area contributed by atoms with Crippen LogP contribution in [-0.2, 0) is 0 Å². The number of hydrogen-bond acceptors (Lipinski definition) is 3. The third-order valence-electron chi connectivity index (χ3n) is 2.33. The van der Waals surface area contributed by atoms with Crippen LogP contribution in [0.3, 0.4) is 0 Å². The van der Waals surface area contributed by atoms with E-state index in [-0.39, 0.29) is 6.61 Å². The lowest BCUT2D eigenvalue weighted by Gasteiger charge is -2.20. The zero-order valence-electron chi connectivity index (χ0n) is 9.03. The Morgan fingerprint density at radius 3 is 2.67 bits per heavy atom. The van der Waals surface area contributed by atoms with Crippen LogP contribution in [0.5, 0.6) is 0 Å². The molecule has 0 aliphatic rings. The Kier molecular flexibility index (Phi) is 4.05. The molecule has 82 valence electrons. The molecule has 0 fully saturated rings. The minimum Gasteiger partial charge on any atom is -0.395 e. The van der Waals surface area contributed by atoms with Gasteiger partial charge in [0, 0.05) is 24.8 Å². The molecule has 0 heterocycles. The highest BCUT2D eigenvalue weighted by Gasteiger charge is 2.05. The Morgan fingerprint density at radius 2 is 2.20 bits per heavy atom. The molecule has 4 heteroatoms. The molecule has 0 saturated carbocycles. The van der Waals surface area contributed by atoms with Crippen LogP contribution in [0.2, 0.25) is 0 Å². The number of aryl methyl sites for hydroxylation is 1. The molecule has 1 aromatic carbocycles. The maximum absolute atomic E-state index is 8.85. The Labute approximate surface area is 95.5 Å². The van der Waals surface area contributed by atoms with Crippen LogP contribution in [0, 0.1) is 6.92 Å². The third-order valence-corrected chi connectivity index (χ3v) is 2.56. The molecule has 1 aromatic rings. The van der Waals surface area contributed by atoms with Crippen molar-refractivity contribution in [2.75, 3.05) is 25.1 Å². The summed E-state index contributed by atoms with van der Waals surface area (Å²) in [4.78, 5) is 2.41. The smallest absolute Gasteiger partial charge is 0.103 e. The lowest BCUT2D eigenvalue weighted by molar-refractivity contribution is 0.304.